The minimum Gasteiger partial charge on any atom is -0.492 e. The Morgan fingerprint density at radius 3 is 2.77 bits per heavy atom. The van der Waals surface area contributed by atoms with E-state index in [9.17, 15) is 14.7 Å². The Labute approximate surface area is 179 Å². The summed E-state index contributed by atoms with van der Waals surface area (Å²) in [6.45, 7) is 6.20. The smallest absolute Gasteiger partial charge is 0.341 e. The van der Waals surface area contributed by atoms with E-state index in [1.807, 2.05) is 16.8 Å². The molecule has 0 saturated carbocycles. The third-order valence-electron chi connectivity index (χ3n) is 5.72. The molecule has 2 aliphatic rings. The maximum absolute atomic E-state index is 12.4. The highest BCUT2D eigenvalue weighted by atomic mass is 35.5. The molecule has 1 aromatic heterocycles. The Kier molecular flexibility index (Phi) is 5.28. The SMILES string of the molecule is COCCCOc1cc2c(cc1Cl)-c1cc(=O)c(C(=O)O)cn1N1CC(C)(C)C[C@H]21. The van der Waals surface area contributed by atoms with Crippen molar-refractivity contribution in [2.45, 2.75) is 32.7 Å². The molecule has 160 valence electrons. The molecule has 3 heterocycles. The van der Waals surface area contributed by atoms with Crippen LogP contribution in [0.4, 0.5) is 0 Å². The van der Waals surface area contributed by atoms with Crippen LogP contribution in [0.3, 0.4) is 0 Å². The first-order valence-corrected chi connectivity index (χ1v) is 10.3. The monoisotopic (exact) mass is 432 g/mol. The van der Waals surface area contributed by atoms with Gasteiger partial charge >= 0.3 is 5.97 Å². The Balaban J connectivity index is 1.84. The number of ether oxygens (including phenoxy) is 2. The number of carboxylic acid groups (broad SMARTS) is 1. The van der Waals surface area contributed by atoms with Gasteiger partial charge in [-0.25, -0.2) is 4.79 Å². The van der Waals surface area contributed by atoms with Crippen LogP contribution in [0.1, 0.15) is 48.7 Å². The normalized spacial score (nSPS) is 18.5. The van der Waals surface area contributed by atoms with E-state index < -0.39 is 11.4 Å². The van der Waals surface area contributed by atoms with Crippen LogP contribution in [0.25, 0.3) is 11.3 Å². The van der Waals surface area contributed by atoms with Gasteiger partial charge in [0.1, 0.15) is 11.3 Å². The van der Waals surface area contributed by atoms with E-state index in [0.29, 0.717) is 29.7 Å². The first kappa shape index (κ1) is 20.8. The van der Waals surface area contributed by atoms with E-state index in [-0.39, 0.29) is 17.0 Å². The zero-order valence-electron chi connectivity index (χ0n) is 17.3. The number of fused-ring (bicyclic) bond motifs is 6. The van der Waals surface area contributed by atoms with Gasteiger partial charge in [0.25, 0.3) is 0 Å². The van der Waals surface area contributed by atoms with Crippen LogP contribution in [0.5, 0.6) is 5.75 Å². The van der Waals surface area contributed by atoms with E-state index >= 15 is 0 Å². The van der Waals surface area contributed by atoms with E-state index in [1.165, 1.54) is 12.3 Å². The lowest BCUT2D eigenvalue weighted by Crippen LogP contribution is -2.40. The molecule has 7 nitrogen and oxygen atoms in total. The summed E-state index contributed by atoms with van der Waals surface area (Å²) in [7, 11) is 1.65. The van der Waals surface area contributed by atoms with E-state index in [0.717, 1.165) is 30.5 Å². The molecule has 1 fully saturated rings. The van der Waals surface area contributed by atoms with Crippen molar-refractivity contribution in [3.8, 4) is 17.0 Å². The van der Waals surface area contributed by atoms with Crippen molar-refractivity contribution in [2.24, 2.45) is 5.41 Å². The molecule has 2 aromatic rings. The summed E-state index contributed by atoms with van der Waals surface area (Å²) in [6, 6.07) is 5.20. The summed E-state index contributed by atoms with van der Waals surface area (Å²) in [5.41, 5.74) is 1.77. The number of carboxylic acids is 1. The van der Waals surface area contributed by atoms with Gasteiger partial charge in [-0.3, -0.25) is 9.47 Å². The second kappa shape index (κ2) is 7.63. The zero-order valence-corrected chi connectivity index (χ0v) is 18.0. The lowest BCUT2D eigenvalue weighted by molar-refractivity contribution is 0.0694. The van der Waals surface area contributed by atoms with Crippen LogP contribution < -0.4 is 15.2 Å². The summed E-state index contributed by atoms with van der Waals surface area (Å²) in [6.07, 6.45) is 3.07. The van der Waals surface area contributed by atoms with Gasteiger partial charge in [-0.2, -0.15) is 0 Å². The predicted octanol–water partition coefficient (Wildman–Crippen LogP) is 3.70. The second-order valence-electron chi connectivity index (χ2n) is 8.63. The average molecular weight is 433 g/mol. The number of hydrogen-bond donors (Lipinski definition) is 1. The molecule has 0 amide bonds. The fraction of sp³-hybridized carbons (Fsp3) is 0.455. The highest BCUT2D eigenvalue weighted by molar-refractivity contribution is 6.32. The highest BCUT2D eigenvalue weighted by Gasteiger charge is 2.43. The molecule has 0 unspecified atom stereocenters. The summed E-state index contributed by atoms with van der Waals surface area (Å²) >= 11 is 6.51. The molecule has 2 aliphatic heterocycles. The van der Waals surface area contributed by atoms with Crippen LogP contribution in [0.15, 0.2) is 29.2 Å². The van der Waals surface area contributed by atoms with Gasteiger partial charge in [0.2, 0.25) is 0 Å². The summed E-state index contributed by atoms with van der Waals surface area (Å²) < 4.78 is 12.8. The maximum atomic E-state index is 12.4. The van der Waals surface area contributed by atoms with Gasteiger partial charge in [0.05, 0.1) is 23.4 Å². The van der Waals surface area contributed by atoms with Crippen molar-refractivity contribution in [2.75, 3.05) is 31.9 Å². The fourth-order valence-electron chi connectivity index (χ4n) is 4.40. The third-order valence-corrected chi connectivity index (χ3v) is 6.02. The topological polar surface area (TPSA) is 81.0 Å². The number of carbonyl (C=O) groups is 1. The predicted molar refractivity (Wildman–Crippen MR) is 114 cm³/mol. The summed E-state index contributed by atoms with van der Waals surface area (Å²) in [5.74, 6) is -0.622. The van der Waals surface area contributed by atoms with E-state index in [2.05, 4.69) is 18.9 Å². The van der Waals surface area contributed by atoms with Crippen LogP contribution in [0.2, 0.25) is 5.02 Å². The van der Waals surface area contributed by atoms with Gasteiger partial charge < -0.3 is 19.6 Å². The van der Waals surface area contributed by atoms with Crippen molar-refractivity contribution in [3.05, 3.63) is 50.8 Å². The van der Waals surface area contributed by atoms with Crippen molar-refractivity contribution < 1.29 is 19.4 Å². The third kappa shape index (κ3) is 3.56. The minimum absolute atomic E-state index is 0.0230. The van der Waals surface area contributed by atoms with Gasteiger partial charge in [-0.15, -0.1) is 0 Å². The molecule has 0 bridgehead atoms. The van der Waals surface area contributed by atoms with Crippen LogP contribution in [-0.2, 0) is 4.74 Å². The fourth-order valence-corrected chi connectivity index (χ4v) is 4.62. The van der Waals surface area contributed by atoms with Crippen molar-refractivity contribution in [3.63, 3.8) is 0 Å². The van der Waals surface area contributed by atoms with Gasteiger partial charge in [0.15, 0.2) is 5.43 Å². The number of aromatic carboxylic acids is 1. The van der Waals surface area contributed by atoms with E-state index in [4.69, 9.17) is 21.1 Å². The van der Waals surface area contributed by atoms with Crippen molar-refractivity contribution >= 4 is 17.6 Å². The molecular weight excluding hydrogens is 408 g/mol. The van der Waals surface area contributed by atoms with E-state index in [1.54, 1.807) is 7.11 Å². The molecule has 0 radical (unpaired) electrons. The lowest BCUT2D eigenvalue weighted by Gasteiger charge is -2.38. The molecule has 1 atom stereocenters. The van der Waals surface area contributed by atoms with Gasteiger partial charge in [-0.1, -0.05) is 25.4 Å². The molecular formula is C22H25ClN2O5. The molecule has 1 aromatic carbocycles. The minimum atomic E-state index is -1.23. The van der Waals surface area contributed by atoms with Crippen LogP contribution in [-0.4, -0.2) is 42.6 Å². The summed E-state index contributed by atoms with van der Waals surface area (Å²) in [5, 5.41) is 12.0. The molecule has 4 rings (SSSR count). The molecule has 1 saturated heterocycles. The number of pyridine rings is 1. The average Bonchev–Trinajstić information content (AvgIpc) is 3.00. The molecule has 1 N–H and O–H groups in total. The number of hydrogen-bond acceptors (Lipinski definition) is 5. The lowest BCUT2D eigenvalue weighted by atomic mass is 9.86. The number of rotatable bonds is 6. The van der Waals surface area contributed by atoms with Gasteiger partial charge in [0, 0.05) is 44.5 Å². The Morgan fingerprint density at radius 2 is 2.07 bits per heavy atom. The Morgan fingerprint density at radius 1 is 1.30 bits per heavy atom. The highest BCUT2D eigenvalue weighted by Crippen LogP contribution is 2.49. The Bertz CT molecular complexity index is 1060. The number of halogens is 1. The Hall–Kier alpha value is -2.51. The number of aromatic nitrogens is 1. The van der Waals surface area contributed by atoms with Crippen molar-refractivity contribution in [1.29, 1.82) is 0 Å². The molecule has 0 spiro atoms. The van der Waals surface area contributed by atoms with Gasteiger partial charge in [-0.05, 0) is 29.5 Å². The second-order valence-corrected chi connectivity index (χ2v) is 9.04. The largest absolute Gasteiger partial charge is 0.492 e. The first-order chi connectivity index (χ1) is 14.2. The standard InChI is InChI=1S/C22H25ClN2O5/c1-22(2)10-18-14-8-20(30-6-4-5-29-3)16(23)7-13(14)17-9-19(26)15(21(27)28)11-24(17)25(18)12-22/h7-9,11,18H,4-6,10,12H2,1-3H3,(H,27,28)/t18-/m1/s1. The van der Waals surface area contributed by atoms with Crippen LogP contribution >= 0.6 is 11.6 Å². The van der Waals surface area contributed by atoms with Crippen LogP contribution in [0, 0.1) is 5.41 Å². The molecule has 8 heteroatoms. The first-order valence-electron chi connectivity index (χ1n) is 9.94. The zero-order chi connectivity index (χ0) is 21.6. The number of benzene rings is 1. The molecule has 0 aliphatic carbocycles. The number of nitrogens with zero attached hydrogens (tertiary/aromatic N) is 2. The van der Waals surface area contributed by atoms with Crippen molar-refractivity contribution in [1.82, 2.24) is 4.68 Å². The quantitative estimate of drug-likeness (QED) is 0.701. The maximum Gasteiger partial charge on any atom is 0.341 e. The number of methoxy groups -OCH3 is 1. The molecule has 30 heavy (non-hydrogen) atoms. The summed E-state index contributed by atoms with van der Waals surface area (Å²) in [4.78, 5) is 24.0.